The first kappa shape index (κ1) is 24.1. The number of carbonyl (C=O) groups is 1. The molecule has 2 aromatic rings. The molecule has 0 saturated carbocycles. The van der Waals surface area contributed by atoms with Crippen LogP contribution in [0.25, 0.3) is 0 Å². The maximum absolute atomic E-state index is 12.9. The quantitative estimate of drug-likeness (QED) is 0.637. The molecule has 0 aliphatic rings. The van der Waals surface area contributed by atoms with Crippen LogP contribution in [0, 0.1) is 0 Å². The summed E-state index contributed by atoms with van der Waals surface area (Å²) in [6.07, 6.45) is -3.76. The number of hydrogen-bond donors (Lipinski definition) is 1. The Bertz CT molecular complexity index is 1060. The molecule has 0 heterocycles. The molecule has 0 aliphatic carbocycles. The number of ether oxygens (including phenoxy) is 1. The molecular formula is C18H17Cl2F3N2O4S. The molecule has 0 fully saturated rings. The summed E-state index contributed by atoms with van der Waals surface area (Å²) in [5, 5.41) is 2.22. The maximum atomic E-state index is 12.9. The number of nitrogens with one attached hydrogen (secondary N) is 1. The van der Waals surface area contributed by atoms with E-state index in [9.17, 15) is 26.4 Å². The van der Waals surface area contributed by atoms with Gasteiger partial charge in [-0.25, -0.2) is 8.42 Å². The Morgan fingerprint density at radius 1 is 1.13 bits per heavy atom. The second kappa shape index (κ2) is 8.91. The van der Waals surface area contributed by atoms with Crippen molar-refractivity contribution in [1.29, 1.82) is 0 Å². The van der Waals surface area contributed by atoms with Crippen LogP contribution in [0.3, 0.4) is 0 Å². The molecule has 0 aromatic heterocycles. The van der Waals surface area contributed by atoms with Crippen molar-refractivity contribution in [2.24, 2.45) is 0 Å². The molecule has 0 bridgehead atoms. The van der Waals surface area contributed by atoms with Crippen LogP contribution in [-0.2, 0) is 21.0 Å². The lowest BCUT2D eigenvalue weighted by molar-refractivity contribution is -0.137. The highest BCUT2D eigenvalue weighted by Gasteiger charge is 2.33. The second-order valence-corrected chi connectivity index (χ2v) is 8.91. The largest absolute Gasteiger partial charge is 0.495 e. The van der Waals surface area contributed by atoms with E-state index in [2.05, 4.69) is 5.32 Å². The van der Waals surface area contributed by atoms with Gasteiger partial charge in [-0.3, -0.25) is 9.10 Å². The van der Waals surface area contributed by atoms with Crippen molar-refractivity contribution in [2.75, 3.05) is 23.0 Å². The Labute approximate surface area is 181 Å². The van der Waals surface area contributed by atoms with Crippen LogP contribution in [0.5, 0.6) is 5.75 Å². The maximum Gasteiger partial charge on any atom is 0.416 e. The summed E-state index contributed by atoms with van der Waals surface area (Å²) in [5.74, 6) is -0.602. The monoisotopic (exact) mass is 484 g/mol. The van der Waals surface area contributed by atoms with Crippen molar-refractivity contribution in [3.63, 3.8) is 0 Å². The molecule has 0 spiro atoms. The van der Waals surface area contributed by atoms with E-state index in [4.69, 9.17) is 27.9 Å². The molecular weight excluding hydrogens is 468 g/mol. The van der Waals surface area contributed by atoms with Gasteiger partial charge in [0.05, 0.1) is 40.3 Å². The number of alkyl halides is 3. The smallest absolute Gasteiger partial charge is 0.416 e. The zero-order chi connectivity index (χ0) is 22.9. The average molecular weight is 485 g/mol. The number of halogens is 5. The normalized spacial score (nSPS) is 12.9. The lowest BCUT2D eigenvalue weighted by atomic mass is 10.2. The van der Waals surface area contributed by atoms with E-state index >= 15 is 0 Å². The van der Waals surface area contributed by atoms with Crippen LogP contribution in [0.2, 0.25) is 10.0 Å². The van der Waals surface area contributed by atoms with Crippen LogP contribution < -0.4 is 14.4 Å². The van der Waals surface area contributed by atoms with Crippen molar-refractivity contribution in [2.45, 2.75) is 19.1 Å². The first-order chi connectivity index (χ1) is 13.8. The third-order valence-electron chi connectivity index (χ3n) is 4.03. The zero-order valence-corrected chi connectivity index (χ0v) is 18.2. The highest BCUT2D eigenvalue weighted by molar-refractivity contribution is 7.92. The van der Waals surface area contributed by atoms with E-state index in [1.54, 1.807) is 0 Å². The number of carbonyl (C=O) groups excluding carboxylic acids is 1. The van der Waals surface area contributed by atoms with E-state index in [1.165, 1.54) is 32.2 Å². The summed E-state index contributed by atoms with van der Waals surface area (Å²) in [6.45, 7) is 1.27. The number of hydrogen-bond acceptors (Lipinski definition) is 4. The van der Waals surface area contributed by atoms with Crippen molar-refractivity contribution in [3.05, 3.63) is 52.0 Å². The summed E-state index contributed by atoms with van der Waals surface area (Å²) in [4.78, 5) is 12.7. The Balaban J connectivity index is 2.39. The number of nitrogens with zero attached hydrogens (tertiary/aromatic N) is 1. The van der Waals surface area contributed by atoms with Crippen LogP contribution in [-0.4, -0.2) is 33.7 Å². The summed E-state index contributed by atoms with van der Waals surface area (Å²) in [6, 6.07) is 5.18. The van der Waals surface area contributed by atoms with Gasteiger partial charge in [-0.05, 0) is 43.3 Å². The minimum Gasteiger partial charge on any atom is -0.495 e. The van der Waals surface area contributed by atoms with Crippen LogP contribution in [0.1, 0.15) is 12.5 Å². The number of methoxy groups -OCH3 is 1. The van der Waals surface area contributed by atoms with Crippen LogP contribution >= 0.6 is 23.2 Å². The minimum atomic E-state index is -4.64. The van der Waals surface area contributed by atoms with Gasteiger partial charge in [-0.15, -0.1) is 0 Å². The predicted molar refractivity (Wildman–Crippen MR) is 110 cm³/mol. The first-order valence-electron chi connectivity index (χ1n) is 8.26. The fourth-order valence-corrected chi connectivity index (χ4v) is 4.22. The lowest BCUT2D eigenvalue weighted by Crippen LogP contribution is -2.45. The van der Waals surface area contributed by atoms with Crippen molar-refractivity contribution in [1.82, 2.24) is 0 Å². The topological polar surface area (TPSA) is 75.7 Å². The molecule has 1 amide bonds. The van der Waals surface area contributed by atoms with Gasteiger partial charge < -0.3 is 10.1 Å². The molecule has 0 aliphatic heterocycles. The van der Waals surface area contributed by atoms with Gasteiger partial charge in [0.1, 0.15) is 11.8 Å². The van der Waals surface area contributed by atoms with Gasteiger partial charge in [-0.2, -0.15) is 13.2 Å². The van der Waals surface area contributed by atoms with Crippen molar-refractivity contribution in [3.8, 4) is 5.75 Å². The molecule has 0 unspecified atom stereocenters. The first-order valence-corrected chi connectivity index (χ1v) is 10.9. The van der Waals surface area contributed by atoms with E-state index in [1.807, 2.05) is 0 Å². The average Bonchev–Trinajstić information content (AvgIpc) is 2.61. The van der Waals surface area contributed by atoms with E-state index in [0.717, 1.165) is 22.7 Å². The van der Waals surface area contributed by atoms with Gasteiger partial charge in [0, 0.05) is 0 Å². The standard InChI is InChI=1S/C18H17Cl2F3N2O4S/c1-10(17(26)24-15-8-11(18(21,22)23)4-6-13(15)19)25(30(3,27)28)12-5-7-16(29-2)14(20)9-12/h4-10H,1-3H3,(H,24,26)/t10-/m0/s1. The number of rotatable bonds is 6. The summed E-state index contributed by atoms with van der Waals surface area (Å²) in [7, 11) is -2.59. The predicted octanol–water partition coefficient (Wildman–Crippen LogP) is 4.81. The highest BCUT2D eigenvalue weighted by atomic mass is 35.5. The Morgan fingerprint density at radius 3 is 2.27 bits per heavy atom. The van der Waals surface area contributed by atoms with Gasteiger partial charge in [0.25, 0.3) is 0 Å². The number of benzene rings is 2. The van der Waals surface area contributed by atoms with Crippen molar-refractivity contribution < 1.29 is 31.1 Å². The van der Waals surface area contributed by atoms with Crippen LogP contribution in [0.15, 0.2) is 36.4 Å². The van der Waals surface area contributed by atoms with E-state index < -0.39 is 33.7 Å². The SMILES string of the molecule is COc1ccc(N([C@@H](C)C(=O)Nc2cc(C(F)(F)F)ccc2Cl)S(C)(=O)=O)cc1Cl. The van der Waals surface area contributed by atoms with Crippen LogP contribution in [0.4, 0.5) is 24.5 Å². The fraction of sp³-hybridized carbons (Fsp3) is 0.278. The molecule has 6 nitrogen and oxygen atoms in total. The van der Waals surface area contributed by atoms with Crippen molar-refractivity contribution >= 4 is 50.5 Å². The van der Waals surface area contributed by atoms with Gasteiger partial charge in [0.15, 0.2) is 0 Å². The van der Waals surface area contributed by atoms with E-state index in [-0.39, 0.29) is 21.4 Å². The molecule has 2 rings (SSSR count). The lowest BCUT2D eigenvalue weighted by Gasteiger charge is -2.28. The highest BCUT2D eigenvalue weighted by Crippen LogP contribution is 2.35. The number of amides is 1. The molecule has 1 N–H and O–H groups in total. The second-order valence-electron chi connectivity index (χ2n) is 6.24. The van der Waals surface area contributed by atoms with E-state index in [0.29, 0.717) is 11.8 Å². The molecule has 12 heteroatoms. The molecule has 0 saturated heterocycles. The Hall–Kier alpha value is -2.17. The molecule has 164 valence electrons. The molecule has 2 aromatic carbocycles. The third kappa shape index (κ3) is 5.50. The summed E-state index contributed by atoms with van der Waals surface area (Å²) >= 11 is 11.9. The minimum absolute atomic E-state index is 0.0705. The Morgan fingerprint density at radius 2 is 1.77 bits per heavy atom. The molecule has 0 radical (unpaired) electrons. The fourth-order valence-electron chi connectivity index (χ4n) is 2.64. The number of anilines is 2. The van der Waals surface area contributed by atoms with Gasteiger partial charge in [-0.1, -0.05) is 23.2 Å². The third-order valence-corrected chi connectivity index (χ3v) is 5.90. The van der Waals surface area contributed by atoms with Gasteiger partial charge in [0.2, 0.25) is 15.9 Å². The molecule has 30 heavy (non-hydrogen) atoms. The van der Waals surface area contributed by atoms with Gasteiger partial charge >= 0.3 is 6.18 Å². The summed E-state index contributed by atoms with van der Waals surface area (Å²) in [5.41, 5.74) is -1.25. The Kier molecular flexibility index (Phi) is 7.16. The molecule has 1 atom stereocenters. The number of sulfonamides is 1. The summed E-state index contributed by atoms with van der Waals surface area (Å²) < 4.78 is 69.3. The zero-order valence-electron chi connectivity index (χ0n) is 15.9.